The predicted molar refractivity (Wildman–Crippen MR) is 108 cm³/mol. The van der Waals surface area contributed by atoms with Gasteiger partial charge in [0.25, 0.3) is 0 Å². The summed E-state index contributed by atoms with van der Waals surface area (Å²) in [6.45, 7) is 8.08. The van der Waals surface area contributed by atoms with Crippen molar-refractivity contribution in [2.24, 2.45) is 17.3 Å². The highest BCUT2D eigenvalue weighted by Gasteiger charge is 2.46. The first-order valence-corrected chi connectivity index (χ1v) is 11.8. The third kappa shape index (κ3) is 10.4. The molecule has 2 N–H and O–H groups in total. The van der Waals surface area contributed by atoms with Crippen molar-refractivity contribution in [3.05, 3.63) is 0 Å². The minimum atomic E-state index is -5.00. The Bertz CT molecular complexity index is 553. The lowest BCUT2D eigenvalue weighted by Crippen LogP contribution is -2.40. The summed E-state index contributed by atoms with van der Waals surface area (Å²) in [5.74, 6) is -2.17. The first kappa shape index (κ1) is 26.9. The average Bonchev–Trinajstić information content (AvgIpc) is 2.59. The maximum absolute atomic E-state index is 12.8. The van der Waals surface area contributed by atoms with Crippen molar-refractivity contribution in [1.29, 1.82) is 0 Å². The number of unbranched alkanes of at least 4 members (excludes halogenated alkanes) is 2. The molecule has 0 heterocycles. The fourth-order valence-corrected chi connectivity index (χ4v) is 4.30. The van der Waals surface area contributed by atoms with E-state index in [9.17, 15) is 23.1 Å². The second kappa shape index (κ2) is 13.1. The molecule has 2 unspecified atom stereocenters. The lowest BCUT2D eigenvalue weighted by Gasteiger charge is -2.35. The summed E-state index contributed by atoms with van der Waals surface area (Å²) in [6.07, 6.45) is 7.01. The van der Waals surface area contributed by atoms with Crippen molar-refractivity contribution < 1.29 is 31.8 Å². The molecule has 0 aliphatic carbocycles. The fraction of sp³-hybridized carbons (Fsp3) is 0.900. The molecule has 0 amide bonds. The van der Waals surface area contributed by atoms with Crippen LogP contribution in [0.15, 0.2) is 0 Å². The van der Waals surface area contributed by atoms with Crippen LogP contribution in [0.25, 0.3) is 0 Å². The van der Waals surface area contributed by atoms with Crippen LogP contribution in [-0.2, 0) is 24.2 Å². The molecular weight excluding hydrogens is 384 g/mol. The molecule has 0 bridgehead atoms. The minimum Gasteiger partial charge on any atom is -0.481 e. The fourth-order valence-electron chi connectivity index (χ4n) is 3.93. The molecule has 0 spiro atoms. The zero-order chi connectivity index (χ0) is 21.8. The van der Waals surface area contributed by atoms with Crippen molar-refractivity contribution in [2.75, 3.05) is 0 Å². The van der Waals surface area contributed by atoms with Gasteiger partial charge in [-0.3, -0.25) is 14.1 Å². The first-order chi connectivity index (χ1) is 13.0. The highest BCUT2D eigenvalue weighted by Crippen LogP contribution is 2.43. The van der Waals surface area contributed by atoms with E-state index in [1.807, 2.05) is 13.8 Å². The number of hydrogen-bond acceptors (Lipinski definition) is 5. The molecule has 8 heteroatoms. The van der Waals surface area contributed by atoms with Gasteiger partial charge in [0.1, 0.15) is 0 Å². The molecule has 0 aliphatic rings. The van der Waals surface area contributed by atoms with E-state index in [1.54, 1.807) is 0 Å². The van der Waals surface area contributed by atoms with E-state index in [-0.39, 0.29) is 24.7 Å². The lowest BCUT2D eigenvalue weighted by molar-refractivity contribution is -0.156. The van der Waals surface area contributed by atoms with Gasteiger partial charge in [0.2, 0.25) is 0 Å². The van der Waals surface area contributed by atoms with Crippen LogP contribution in [-0.4, -0.2) is 30.0 Å². The molecule has 7 nitrogen and oxygen atoms in total. The number of carboxylic acids is 1. The summed E-state index contributed by atoms with van der Waals surface area (Å²) in [5.41, 5.74) is -1.47. The zero-order valence-electron chi connectivity index (χ0n) is 17.8. The summed E-state index contributed by atoms with van der Waals surface area (Å²) in [4.78, 5) is 24.5. The molecule has 2 atom stereocenters. The second-order valence-electron chi connectivity index (χ2n) is 7.89. The Labute approximate surface area is 170 Å². The number of carbonyl (C=O) groups is 2. The van der Waals surface area contributed by atoms with Crippen LogP contribution in [0.1, 0.15) is 98.3 Å². The molecule has 0 aliphatic heterocycles. The van der Waals surface area contributed by atoms with Gasteiger partial charge in [-0.1, -0.05) is 79.1 Å². The van der Waals surface area contributed by atoms with E-state index in [4.69, 9.17) is 4.55 Å². The average molecular weight is 423 g/mol. The molecular formula is C20H38O7S. The normalized spacial score (nSPS) is 16.2. The van der Waals surface area contributed by atoms with E-state index in [0.29, 0.717) is 0 Å². The summed E-state index contributed by atoms with van der Waals surface area (Å²) >= 11 is 0. The second-order valence-corrected chi connectivity index (χ2v) is 8.91. The summed E-state index contributed by atoms with van der Waals surface area (Å²) < 4.78 is 35.7. The van der Waals surface area contributed by atoms with E-state index < -0.39 is 34.2 Å². The van der Waals surface area contributed by atoms with Crippen LogP contribution < -0.4 is 0 Å². The van der Waals surface area contributed by atoms with Crippen LogP contribution in [0.5, 0.6) is 0 Å². The van der Waals surface area contributed by atoms with Gasteiger partial charge in [-0.05, 0) is 24.7 Å². The Balaban J connectivity index is 5.95. The molecule has 0 rings (SSSR count). The van der Waals surface area contributed by atoms with E-state index in [0.717, 1.165) is 51.4 Å². The van der Waals surface area contributed by atoms with Crippen molar-refractivity contribution in [1.82, 2.24) is 0 Å². The van der Waals surface area contributed by atoms with E-state index in [2.05, 4.69) is 18.0 Å². The molecule has 0 saturated heterocycles. The van der Waals surface area contributed by atoms with E-state index >= 15 is 0 Å². The van der Waals surface area contributed by atoms with Crippen LogP contribution in [0, 0.1) is 17.3 Å². The Morgan fingerprint density at radius 2 is 1.36 bits per heavy atom. The highest BCUT2D eigenvalue weighted by atomic mass is 32.3. The van der Waals surface area contributed by atoms with Gasteiger partial charge in [0.15, 0.2) is 0 Å². The van der Waals surface area contributed by atoms with Gasteiger partial charge in [-0.15, -0.1) is 0 Å². The van der Waals surface area contributed by atoms with Gasteiger partial charge >= 0.3 is 22.3 Å². The van der Waals surface area contributed by atoms with Crippen molar-refractivity contribution >= 4 is 22.3 Å². The molecule has 0 aromatic heterocycles. The first-order valence-electron chi connectivity index (χ1n) is 10.5. The Kier molecular flexibility index (Phi) is 12.6. The molecule has 28 heavy (non-hydrogen) atoms. The maximum atomic E-state index is 12.8. The molecule has 166 valence electrons. The molecule has 0 radical (unpaired) electrons. The molecule has 0 saturated carbocycles. The number of carboxylic acid groups (broad SMARTS) is 1. The number of hydrogen-bond donors (Lipinski definition) is 2. The van der Waals surface area contributed by atoms with Gasteiger partial charge in [-0.25, -0.2) is 0 Å². The van der Waals surface area contributed by atoms with Gasteiger partial charge in [0.05, 0.1) is 11.8 Å². The number of aliphatic carboxylic acids is 1. The van der Waals surface area contributed by atoms with Gasteiger partial charge < -0.3 is 9.29 Å². The Morgan fingerprint density at radius 3 is 1.64 bits per heavy atom. The lowest BCUT2D eigenvalue weighted by atomic mass is 9.68. The quantitative estimate of drug-likeness (QED) is 0.336. The zero-order valence-corrected chi connectivity index (χ0v) is 18.6. The maximum Gasteiger partial charge on any atom is 0.448 e. The number of carbonyl (C=O) groups excluding carboxylic acids is 1. The monoisotopic (exact) mass is 422 g/mol. The van der Waals surface area contributed by atoms with Crippen molar-refractivity contribution in [2.45, 2.75) is 98.3 Å². The largest absolute Gasteiger partial charge is 0.481 e. The Hall–Kier alpha value is -1.15. The number of rotatable bonds is 16. The topological polar surface area (TPSA) is 118 Å². The van der Waals surface area contributed by atoms with Crippen LogP contribution in [0.2, 0.25) is 0 Å². The van der Waals surface area contributed by atoms with Crippen LogP contribution >= 0.6 is 0 Å². The molecule has 0 fully saturated rings. The Morgan fingerprint density at radius 1 is 0.929 bits per heavy atom. The summed E-state index contributed by atoms with van der Waals surface area (Å²) in [5, 5.41) is 9.50. The SMILES string of the molecule is CCCCC(CC)CC(CC(=O)O)(CC(CC)CCCC)C(=O)OS(=O)(=O)O. The predicted octanol–water partition coefficient (Wildman–Crippen LogP) is 5.01. The standard InChI is InChI=1S/C20H38O7S/c1-5-9-11-16(7-3)13-20(15-18(21)22,19(23)27-28(24,25)26)14-17(8-4)12-10-6-2/h16-17H,5-15H2,1-4H3,(H,21,22)(H,24,25,26). The molecule has 0 aromatic rings. The smallest absolute Gasteiger partial charge is 0.448 e. The van der Waals surface area contributed by atoms with Gasteiger partial charge in [-0.2, -0.15) is 8.42 Å². The van der Waals surface area contributed by atoms with Crippen LogP contribution in [0.4, 0.5) is 0 Å². The third-order valence-electron chi connectivity index (χ3n) is 5.55. The minimum absolute atomic E-state index is 0.0805. The summed E-state index contributed by atoms with van der Waals surface area (Å²) in [6, 6.07) is 0. The van der Waals surface area contributed by atoms with Crippen molar-refractivity contribution in [3.63, 3.8) is 0 Å². The van der Waals surface area contributed by atoms with Crippen molar-refractivity contribution in [3.8, 4) is 0 Å². The highest BCUT2D eigenvalue weighted by molar-refractivity contribution is 7.81. The van der Waals surface area contributed by atoms with E-state index in [1.165, 1.54) is 0 Å². The van der Waals surface area contributed by atoms with Gasteiger partial charge in [0, 0.05) is 0 Å². The molecule has 0 aromatic carbocycles. The third-order valence-corrected chi connectivity index (χ3v) is 5.91. The summed E-state index contributed by atoms with van der Waals surface area (Å²) in [7, 11) is -5.00. The van der Waals surface area contributed by atoms with Crippen LogP contribution in [0.3, 0.4) is 0 Å².